The Hall–Kier alpha value is -2.79. The van der Waals surface area contributed by atoms with E-state index in [4.69, 9.17) is 0 Å². The lowest BCUT2D eigenvalue weighted by molar-refractivity contribution is 0.100. The fraction of sp³-hybridized carbons (Fsp3) is 0.105. The molecule has 0 bridgehead atoms. The lowest BCUT2D eigenvalue weighted by Gasteiger charge is -2.02. The average Bonchev–Trinajstić information content (AvgIpc) is 2.96. The summed E-state index contributed by atoms with van der Waals surface area (Å²) in [5.74, 6) is -0.261. The topological polar surface area (TPSA) is 59.1 Å². The number of thiazole rings is 1. The molecule has 24 heavy (non-hydrogen) atoms. The zero-order valence-electron chi connectivity index (χ0n) is 13.4. The summed E-state index contributed by atoms with van der Waals surface area (Å²) in [6.45, 7) is 3.48. The number of Topliss-reactive ketones (excluding diaryl/α,β-unsaturated/α-hetero) is 1. The molecule has 0 atom stereocenters. The standard InChI is InChI=1S/C19H16N2O2S/c1-12(22)14-8-10-16(11-9-14)18(23)21-19-20-17(13(2)24-19)15-6-4-3-5-7-15/h3-11H,1-2H3,(H,20,21,23). The molecular formula is C19H16N2O2S. The van der Waals surface area contributed by atoms with E-state index in [1.807, 2.05) is 37.3 Å². The Morgan fingerprint density at radius 1 is 0.958 bits per heavy atom. The van der Waals surface area contributed by atoms with Crippen LogP contribution in [-0.2, 0) is 0 Å². The van der Waals surface area contributed by atoms with Crippen LogP contribution in [0.25, 0.3) is 11.3 Å². The molecule has 0 saturated heterocycles. The fourth-order valence-electron chi connectivity index (χ4n) is 2.34. The number of carbonyl (C=O) groups excluding carboxylic acids is 2. The predicted molar refractivity (Wildman–Crippen MR) is 96.7 cm³/mol. The molecule has 120 valence electrons. The van der Waals surface area contributed by atoms with Crippen LogP contribution < -0.4 is 5.32 Å². The van der Waals surface area contributed by atoms with Gasteiger partial charge in [0.05, 0.1) is 5.69 Å². The molecule has 0 aliphatic carbocycles. The second-order valence-corrected chi connectivity index (χ2v) is 6.58. The third kappa shape index (κ3) is 3.41. The van der Waals surface area contributed by atoms with E-state index in [0.29, 0.717) is 16.3 Å². The molecule has 4 nitrogen and oxygen atoms in total. The predicted octanol–water partition coefficient (Wildman–Crippen LogP) is 4.57. The van der Waals surface area contributed by atoms with Crippen molar-refractivity contribution in [1.29, 1.82) is 0 Å². The van der Waals surface area contributed by atoms with E-state index in [1.165, 1.54) is 18.3 Å². The number of carbonyl (C=O) groups is 2. The maximum absolute atomic E-state index is 12.3. The highest BCUT2D eigenvalue weighted by Gasteiger charge is 2.13. The summed E-state index contributed by atoms with van der Waals surface area (Å²) in [7, 11) is 0. The molecule has 0 fully saturated rings. The van der Waals surface area contributed by atoms with Crippen molar-refractivity contribution in [1.82, 2.24) is 4.98 Å². The molecule has 3 aromatic rings. The molecule has 0 spiro atoms. The number of aromatic nitrogens is 1. The highest BCUT2D eigenvalue weighted by atomic mass is 32.1. The van der Waals surface area contributed by atoms with Gasteiger partial charge in [0.25, 0.3) is 5.91 Å². The number of rotatable bonds is 4. The van der Waals surface area contributed by atoms with Gasteiger partial charge in [0.15, 0.2) is 10.9 Å². The maximum atomic E-state index is 12.3. The first-order chi connectivity index (χ1) is 11.5. The first-order valence-electron chi connectivity index (χ1n) is 7.50. The van der Waals surface area contributed by atoms with Crippen LogP contribution in [0, 0.1) is 6.92 Å². The van der Waals surface area contributed by atoms with Crippen LogP contribution in [0.5, 0.6) is 0 Å². The molecule has 1 aromatic heterocycles. The lowest BCUT2D eigenvalue weighted by atomic mass is 10.1. The highest BCUT2D eigenvalue weighted by molar-refractivity contribution is 7.16. The number of hydrogen-bond donors (Lipinski definition) is 1. The van der Waals surface area contributed by atoms with Crippen molar-refractivity contribution >= 4 is 28.2 Å². The molecule has 0 aliphatic rings. The van der Waals surface area contributed by atoms with Gasteiger partial charge in [0, 0.05) is 21.6 Å². The number of amides is 1. The van der Waals surface area contributed by atoms with Gasteiger partial charge in [0.2, 0.25) is 0 Å². The van der Waals surface area contributed by atoms with Crippen molar-refractivity contribution in [2.45, 2.75) is 13.8 Å². The van der Waals surface area contributed by atoms with Crippen molar-refractivity contribution in [2.75, 3.05) is 5.32 Å². The molecule has 0 saturated carbocycles. The van der Waals surface area contributed by atoms with Crippen LogP contribution in [-0.4, -0.2) is 16.7 Å². The molecule has 3 rings (SSSR count). The van der Waals surface area contributed by atoms with E-state index < -0.39 is 0 Å². The van der Waals surface area contributed by atoms with E-state index in [2.05, 4.69) is 10.3 Å². The second kappa shape index (κ2) is 6.76. The van der Waals surface area contributed by atoms with Crippen molar-refractivity contribution in [3.8, 4) is 11.3 Å². The molecule has 0 unspecified atom stereocenters. The van der Waals surface area contributed by atoms with E-state index in [9.17, 15) is 9.59 Å². The zero-order chi connectivity index (χ0) is 17.1. The van der Waals surface area contributed by atoms with E-state index in [1.54, 1.807) is 24.3 Å². The van der Waals surface area contributed by atoms with Crippen molar-refractivity contribution in [3.63, 3.8) is 0 Å². The van der Waals surface area contributed by atoms with Gasteiger partial charge in [-0.3, -0.25) is 14.9 Å². The zero-order valence-corrected chi connectivity index (χ0v) is 14.2. The van der Waals surface area contributed by atoms with Crippen LogP contribution in [0.15, 0.2) is 54.6 Å². The SMILES string of the molecule is CC(=O)c1ccc(C(=O)Nc2nc(-c3ccccc3)c(C)s2)cc1. The number of nitrogens with one attached hydrogen (secondary N) is 1. The number of nitrogens with zero attached hydrogens (tertiary/aromatic N) is 1. The number of benzene rings is 2. The minimum atomic E-state index is -0.238. The Morgan fingerprint density at radius 3 is 2.21 bits per heavy atom. The van der Waals surface area contributed by atoms with Gasteiger partial charge < -0.3 is 0 Å². The summed E-state index contributed by atoms with van der Waals surface area (Å²) in [4.78, 5) is 29.2. The van der Waals surface area contributed by atoms with E-state index in [-0.39, 0.29) is 11.7 Å². The molecule has 0 aliphatic heterocycles. The third-order valence-corrected chi connectivity index (χ3v) is 4.50. The van der Waals surface area contributed by atoms with Crippen LogP contribution in [0.2, 0.25) is 0 Å². The summed E-state index contributed by atoms with van der Waals surface area (Å²) in [6, 6.07) is 16.5. The van der Waals surface area contributed by atoms with Gasteiger partial charge >= 0.3 is 0 Å². The van der Waals surface area contributed by atoms with Crippen LogP contribution in [0.4, 0.5) is 5.13 Å². The smallest absolute Gasteiger partial charge is 0.257 e. The normalized spacial score (nSPS) is 10.4. The van der Waals surface area contributed by atoms with Crippen molar-refractivity contribution in [3.05, 3.63) is 70.6 Å². The van der Waals surface area contributed by atoms with E-state index in [0.717, 1.165) is 16.1 Å². The molecule has 2 aromatic carbocycles. The monoisotopic (exact) mass is 336 g/mol. The number of hydrogen-bond acceptors (Lipinski definition) is 4. The summed E-state index contributed by atoms with van der Waals surface area (Å²) in [5, 5.41) is 3.38. The van der Waals surface area contributed by atoms with Crippen molar-refractivity contribution in [2.24, 2.45) is 0 Å². The van der Waals surface area contributed by atoms with Crippen molar-refractivity contribution < 1.29 is 9.59 Å². The number of anilines is 1. The minimum absolute atomic E-state index is 0.0231. The Kier molecular flexibility index (Phi) is 4.53. The van der Waals surface area contributed by atoms with Crippen LogP contribution in [0.3, 0.4) is 0 Å². The largest absolute Gasteiger partial charge is 0.298 e. The first-order valence-corrected chi connectivity index (χ1v) is 8.31. The molecule has 0 radical (unpaired) electrons. The summed E-state index contributed by atoms with van der Waals surface area (Å²) in [6.07, 6.45) is 0. The first kappa shape index (κ1) is 16.1. The number of aryl methyl sites for hydroxylation is 1. The van der Waals surface area contributed by atoms with Gasteiger partial charge in [-0.2, -0.15) is 0 Å². The third-order valence-electron chi connectivity index (χ3n) is 3.62. The summed E-state index contributed by atoms with van der Waals surface area (Å²) < 4.78 is 0. The maximum Gasteiger partial charge on any atom is 0.257 e. The molecular weight excluding hydrogens is 320 g/mol. The number of ketones is 1. The van der Waals surface area contributed by atoms with Gasteiger partial charge in [-0.15, -0.1) is 11.3 Å². The Bertz CT molecular complexity index is 883. The second-order valence-electron chi connectivity index (χ2n) is 5.38. The molecule has 1 heterocycles. The molecule has 1 amide bonds. The average molecular weight is 336 g/mol. The molecule has 1 N–H and O–H groups in total. The van der Waals surface area contributed by atoms with E-state index >= 15 is 0 Å². The van der Waals surface area contributed by atoms with Crippen LogP contribution in [0.1, 0.15) is 32.5 Å². The Labute approximate surface area is 144 Å². The Morgan fingerprint density at radius 2 is 1.58 bits per heavy atom. The minimum Gasteiger partial charge on any atom is -0.298 e. The van der Waals surface area contributed by atoms with Crippen LogP contribution >= 0.6 is 11.3 Å². The van der Waals surface area contributed by atoms with Gasteiger partial charge in [0.1, 0.15) is 0 Å². The van der Waals surface area contributed by atoms with Gasteiger partial charge in [-0.1, -0.05) is 42.5 Å². The molecule has 5 heteroatoms. The van der Waals surface area contributed by atoms with Gasteiger partial charge in [-0.05, 0) is 26.0 Å². The Balaban J connectivity index is 1.79. The summed E-state index contributed by atoms with van der Waals surface area (Å²) in [5.41, 5.74) is 2.98. The fourth-order valence-corrected chi connectivity index (χ4v) is 3.17. The lowest BCUT2D eigenvalue weighted by Crippen LogP contribution is -2.11. The quantitative estimate of drug-likeness (QED) is 0.710. The highest BCUT2D eigenvalue weighted by Crippen LogP contribution is 2.30. The van der Waals surface area contributed by atoms with Gasteiger partial charge in [-0.25, -0.2) is 4.98 Å². The summed E-state index contributed by atoms with van der Waals surface area (Å²) >= 11 is 1.44.